The van der Waals surface area contributed by atoms with Gasteiger partial charge in [-0.3, -0.25) is 0 Å². The van der Waals surface area contributed by atoms with Crippen molar-refractivity contribution in [3.8, 4) is 0 Å². The molecule has 0 unspecified atom stereocenters. The summed E-state index contributed by atoms with van der Waals surface area (Å²) in [4.78, 5) is 0. The molecule has 0 aliphatic heterocycles. The van der Waals surface area contributed by atoms with Crippen LogP contribution in [0, 0.1) is 6.92 Å². The summed E-state index contributed by atoms with van der Waals surface area (Å²) < 4.78 is 0. The third-order valence-electron chi connectivity index (χ3n) is 2.65. The standard InChI is InChI=1S/C13H22N2/c1-4-12-8-5-7-11(2)13(12)15-10-6-9-14-3/h5,7-8,14-15H,4,6,9-10H2,1-3H3. The lowest BCUT2D eigenvalue weighted by Gasteiger charge is -2.13. The van der Waals surface area contributed by atoms with Crippen molar-refractivity contribution < 1.29 is 0 Å². The molecule has 2 N–H and O–H groups in total. The maximum absolute atomic E-state index is 3.53. The van der Waals surface area contributed by atoms with Crippen molar-refractivity contribution in [2.45, 2.75) is 26.7 Å². The average molecular weight is 206 g/mol. The van der Waals surface area contributed by atoms with E-state index in [9.17, 15) is 0 Å². The predicted molar refractivity (Wildman–Crippen MR) is 67.6 cm³/mol. The van der Waals surface area contributed by atoms with Gasteiger partial charge in [-0.15, -0.1) is 0 Å². The molecular formula is C13H22N2. The lowest BCUT2D eigenvalue weighted by atomic mass is 10.1. The van der Waals surface area contributed by atoms with Gasteiger partial charge < -0.3 is 10.6 Å². The van der Waals surface area contributed by atoms with Crippen LogP contribution in [0.3, 0.4) is 0 Å². The SMILES string of the molecule is CCc1cccc(C)c1NCCCNC. The number of benzene rings is 1. The minimum atomic E-state index is 1.04. The molecule has 0 fully saturated rings. The van der Waals surface area contributed by atoms with E-state index in [0.29, 0.717) is 0 Å². The van der Waals surface area contributed by atoms with Gasteiger partial charge in [-0.1, -0.05) is 25.1 Å². The highest BCUT2D eigenvalue weighted by molar-refractivity contribution is 5.57. The summed E-state index contributed by atoms with van der Waals surface area (Å²) in [6.45, 7) is 6.48. The quantitative estimate of drug-likeness (QED) is 0.699. The van der Waals surface area contributed by atoms with Gasteiger partial charge in [0.25, 0.3) is 0 Å². The third kappa shape index (κ3) is 3.56. The molecule has 0 radical (unpaired) electrons. The van der Waals surface area contributed by atoms with Crippen molar-refractivity contribution >= 4 is 5.69 Å². The molecule has 0 bridgehead atoms. The fourth-order valence-electron chi connectivity index (χ4n) is 1.75. The largest absolute Gasteiger partial charge is 0.385 e. The van der Waals surface area contributed by atoms with Crippen LogP contribution in [0.25, 0.3) is 0 Å². The fraction of sp³-hybridized carbons (Fsp3) is 0.538. The number of rotatable bonds is 6. The van der Waals surface area contributed by atoms with Gasteiger partial charge in [0.05, 0.1) is 0 Å². The highest BCUT2D eigenvalue weighted by atomic mass is 14.9. The first-order valence-corrected chi connectivity index (χ1v) is 5.76. The van der Waals surface area contributed by atoms with E-state index in [1.165, 1.54) is 16.8 Å². The maximum Gasteiger partial charge on any atom is 0.0402 e. The third-order valence-corrected chi connectivity index (χ3v) is 2.65. The number of hydrogen-bond donors (Lipinski definition) is 2. The molecular weight excluding hydrogens is 184 g/mol. The van der Waals surface area contributed by atoms with Crippen LogP contribution in [0.2, 0.25) is 0 Å². The molecule has 0 saturated heterocycles. The molecule has 0 atom stereocenters. The first kappa shape index (κ1) is 12.1. The first-order valence-electron chi connectivity index (χ1n) is 5.76. The van der Waals surface area contributed by atoms with Crippen LogP contribution in [0.4, 0.5) is 5.69 Å². The Labute approximate surface area is 93.1 Å². The molecule has 0 aliphatic rings. The Morgan fingerprint density at radius 3 is 2.67 bits per heavy atom. The number of hydrogen-bond acceptors (Lipinski definition) is 2. The van der Waals surface area contributed by atoms with Gasteiger partial charge in [0.15, 0.2) is 0 Å². The van der Waals surface area contributed by atoms with Gasteiger partial charge in [0.1, 0.15) is 0 Å². The minimum Gasteiger partial charge on any atom is -0.385 e. The topological polar surface area (TPSA) is 24.1 Å². The molecule has 0 spiro atoms. The van der Waals surface area contributed by atoms with Crippen LogP contribution in [0.1, 0.15) is 24.5 Å². The van der Waals surface area contributed by atoms with Crippen LogP contribution in [0.5, 0.6) is 0 Å². The molecule has 0 heterocycles. The predicted octanol–water partition coefficient (Wildman–Crippen LogP) is 2.58. The number of para-hydroxylation sites is 1. The van der Waals surface area contributed by atoms with E-state index >= 15 is 0 Å². The lowest BCUT2D eigenvalue weighted by molar-refractivity contribution is 0.747. The summed E-state index contributed by atoms with van der Waals surface area (Å²) in [6.07, 6.45) is 2.25. The van der Waals surface area contributed by atoms with Crippen molar-refractivity contribution in [1.29, 1.82) is 0 Å². The van der Waals surface area contributed by atoms with E-state index in [2.05, 4.69) is 42.7 Å². The summed E-state index contributed by atoms with van der Waals surface area (Å²) in [5, 5.41) is 6.68. The van der Waals surface area contributed by atoms with E-state index in [0.717, 1.165) is 25.9 Å². The summed E-state index contributed by atoms with van der Waals surface area (Å²) in [6, 6.07) is 6.50. The molecule has 84 valence electrons. The monoisotopic (exact) mass is 206 g/mol. The number of nitrogens with one attached hydrogen (secondary N) is 2. The Morgan fingerprint density at radius 1 is 1.20 bits per heavy atom. The zero-order valence-electron chi connectivity index (χ0n) is 10.1. The minimum absolute atomic E-state index is 1.04. The van der Waals surface area contributed by atoms with E-state index in [4.69, 9.17) is 0 Å². The Bertz CT molecular complexity index is 295. The molecule has 0 saturated carbocycles. The molecule has 0 aromatic heterocycles. The van der Waals surface area contributed by atoms with E-state index in [1.807, 2.05) is 7.05 Å². The zero-order chi connectivity index (χ0) is 11.1. The van der Waals surface area contributed by atoms with E-state index < -0.39 is 0 Å². The first-order chi connectivity index (χ1) is 7.29. The normalized spacial score (nSPS) is 10.3. The van der Waals surface area contributed by atoms with Crippen LogP contribution in [-0.2, 0) is 6.42 Å². The molecule has 2 nitrogen and oxygen atoms in total. The molecule has 0 amide bonds. The van der Waals surface area contributed by atoms with Gasteiger partial charge in [-0.05, 0) is 44.5 Å². The second kappa shape index (κ2) is 6.46. The Balaban J connectivity index is 2.58. The summed E-state index contributed by atoms with van der Waals surface area (Å²) in [5.74, 6) is 0. The smallest absolute Gasteiger partial charge is 0.0402 e. The molecule has 0 aliphatic carbocycles. The molecule has 1 aromatic rings. The molecule has 1 rings (SSSR count). The van der Waals surface area contributed by atoms with Gasteiger partial charge in [0, 0.05) is 12.2 Å². The van der Waals surface area contributed by atoms with Crippen molar-refractivity contribution in [2.75, 3.05) is 25.5 Å². The van der Waals surface area contributed by atoms with Crippen molar-refractivity contribution in [1.82, 2.24) is 5.32 Å². The Hall–Kier alpha value is -1.02. The van der Waals surface area contributed by atoms with Crippen molar-refractivity contribution in [3.05, 3.63) is 29.3 Å². The number of anilines is 1. The van der Waals surface area contributed by atoms with Gasteiger partial charge in [-0.25, -0.2) is 0 Å². The van der Waals surface area contributed by atoms with Gasteiger partial charge >= 0.3 is 0 Å². The summed E-state index contributed by atoms with van der Waals surface area (Å²) in [5.41, 5.74) is 4.09. The summed E-state index contributed by atoms with van der Waals surface area (Å²) in [7, 11) is 1.99. The fourth-order valence-corrected chi connectivity index (χ4v) is 1.75. The Kier molecular flexibility index (Phi) is 5.19. The second-order valence-electron chi connectivity index (χ2n) is 3.85. The maximum atomic E-state index is 3.53. The highest BCUT2D eigenvalue weighted by Crippen LogP contribution is 2.20. The van der Waals surface area contributed by atoms with Crippen LogP contribution >= 0.6 is 0 Å². The highest BCUT2D eigenvalue weighted by Gasteiger charge is 2.02. The number of aryl methyl sites for hydroxylation is 2. The van der Waals surface area contributed by atoms with Crippen molar-refractivity contribution in [3.63, 3.8) is 0 Å². The molecule has 2 heteroatoms. The van der Waals surface area contributed by atoms with Crippen LogP contribution < -0.4 is 10.6 Å². The van der Waals surface area contributed by atoms with Gasteiger partial charge in [0.2, 0.25) is 0 Å². The van der Waals surface area contributed by atoms with Gasteiger partial charge in [-0.2, -0.15) is 0 Å². The van der Waals surface area contributed by atoms with Crippen molar-refractivity contribution in [2.24, 2.45) is 0 Å². The summed E-state index contributed by atoms with van der Waals surface area (Å²) >= 11 is 0. The zero-order valence-corrected chi connectivity index (χ0v) is 10.1. The van der Waals surface area contributed by atoms with E-state index in [1.54, 1.807) is 0 Å². The van der Waals surface area contributed by atoms with Crippen LogP contribution in [-0.4, -0.2) is 20.1 Å². The van der Waals surface area contributed by atoms with E-state index in [-0.39, 0.29) is 0 Å². The van der Waals surface area contributed by atoms with Crippen LogP contribution in [0.15, 0.2) is 18.2 Å². The Morgan fingerprint density at radius 2 is 2.00 bits per heavy atom. The second-order valence-corrected chi connectivity index (χ2v) is 3.85. The molecule has 1 aromatic carbocycles. The average Bonchev–Trinajstić information content (AvgIpc) is 2.26. The lowest BCUT2D eigenvalue weighted by Crippen LogP contribution is -2.13. The molecule has 15 heavy (non-hydrogen) atoms.